The second kappa shape index (κ2) is 7.53. The van der Waals surface area contributed by atoms with Crippen LogP contribution in [-0.4, -0.2) is 56.5 Å². The minimum Gasteiger partial charge on any atom is -0.344 e. The van der Waals surface area contributed by atoms with Crippen LogP contribution in [0.1, 0.15) is 21.7 Å². The van der Waals surface area contributed by atoms with Gasteiger partial charge >= 0.3 is 0 Å². The third-order valence-corrected chi connectivity index (χ3v) is 6.57. The Balaban J connectivity index is 1.32. The number of hydrogen-bond donors (Lipinski definition) is 0. The molecule has 7 nitrogen and oxygen atoms in total. The second-order valence-electron chi connectivity index (χ2n) is 7.41. The van der Waals surface area contributed by atoms with Crippen molar-refractivity contribution < 1.29 is 4.79 Å². The molecule has 1 fully saturated rings. The van der Waals surface area contributed by atoms with Crippen molar-refractivity contribution in [2.24, 2.45) is 0 Å². The van der Waals surface area contributed by atoms with Crippen LogP contribution in [0, 0.1) is 13.8 Å². The van der Waals surface area contributed by atoms with Crippen LogP contribution < -0.4 is 4.90 Å². The summed E-state index contributed by atoms with van der Waals surface area (Å²) in [7, 11) is 0. The molecule has 152 valence electrons. The molecule has 0 atom stereocenters. The van der Waals surface area contributed by atoms with Gasteiger partial charge in [0.1, 0.15) is 16.2 Å². The highest BCUT2D eigenvalue weighted by atomic mass is 32.1. The molecule has 0 unspecified atom stereocenters. The number of amides is 1. The molecule has 0 N–H and O–H groups in total. The molecule has 8 heteroatoms. The highest BCUT2D eigenvalue weighted by Gasteiger charge is 2.26. The van der Waals surface area contributed by atoms with Gasteiger partial charge in [-0.1, -0.05) is 17.4 Å². The van der Waals surface area contributed by atoms with Gasteiger partial charge in [0.05, 0.1) is 5.56 Å². The largest absolute Gasteiger partial charge is 0.344 e. The summed E-state index contributed by atoms with van der Waals surface area (Å²) >= 11 is 1.61. The molecule has 1 saturated heterocycles. The van der Waals surface area contributed by atoms with Gasteiger partial charge in [-0.15, -0.1) is 0 Å². The summed E-state index contributed by atoms with van der Waals surface area (Å²) in [6.07, 6.45) is 3.56. The first-order valence-corrected chi connectivity index (χ1v) is 10.8. The number of carbonyl (C=O) groups is 1. The second-order valence-corrected chi connectivity index (χ2v) is 8.37. The van der Waals surface area contributed by atoms with Crippen LogP contribution in [0.4, 0.5) is 5.13 Å². The maximum atomic E-state index is 13.3. The first-order valence-electron chi connectivity index (χ1n) is 9.98. The number of aryl methyl sites for hydroxylation is 1. The Bertz CT molecular complexity index is 1170. The van der Waals surface area contributed by atoms with Gasteiger partial charge < -0.3 is 14.4 Å². The predicted octanol–water partition coefficient (Wildman–Crippen LogP) is 3.46. The summed E-state index contributed by atoms with van der Waals surface area (Å²) in [5.41, 5.74) is 3.61. The third kappa shape index (κ3) is 3.23. The van der Waals surface area contributed by atoms with Crippen molar-refractivity contribution >= 4 is 32.7 Å². The first kappa shape index (κ1) is 18.7. The molecule has 0 aliphatic carbocycles. The lowest BCUT2D eigenvalue weighted by Gasteiger charge is -2.34. The Morgan fingerprint density at radius 1 is 1.00 bits per heavy atom. The SMILES string of the molecule is Cc1cc(C(=O)N2CCN(c3nc4cccnc4s3)CC2)c(C)n1-c1ccccn1. The van der Waals surface area contributed by atoms with Crippen molar-refractivity contribution in [3.8, 4) is 5.82 Å². The van der Waals surface area contributed by atoms with E-state index in [4.69, 9.17) is 4.98 Å². The van der Waals surface area contributed by atoms with E-state index in [0.717, 1.165) is 51.3 Å². The monoisotopic (exact) mass is 418 g/mol. The normalized spacial score (nSPS) is 14.5. The van der Waals surface area contributed by atoms with Gasteiger partial charge in [-0.3, -0.25) is 4.79 Å². The van der Waals surface area contributed by atoms with E-state index < -0.39 is 0 Å². The molecule has 1 amide bonds. The molecule has 1 aliphatic heterocycles. The first-order chi connectivity index (χ1) is 14.6. The van der Waals surface area contributed by atoms with Gasteiger partial charge in [0, 0.05) is 50.0 Å². The number of aromatic nitrogens is 4. The number of rotatable bonds is 3. The van der Waals surface area contributed by atoms with Crippen molar-refractivity contribution in [1.29, 1.82) is 0 Å². The van der Waals surface area contributed by atoms with Crippen LogP contribution >= 0.6 is 11.3 Å². The average Bonchev–Trinajstić information content (AvgIpc) is 3.34. The summed E-state index contributed by atoms with van der Waals surface area (Å²) in [5.74, 6) is 0.914. The lowest BCUT2D eigenvalue weighted by Crippen LogP contribution is -2.48. The lowest BCUT2D eigenvalue weighted by molar-refractivity contribution is 0.0746. The van der Waals surface area contributed by atoms with E-state index in [-0.39, 0.29) is 5.91 Å². The van der Waals surface area contributed by atoms with E-state index in [0.29, 0.717) is 13.1 Å². The molecule has 0 spiro atoms. The van der Waals surface area contributed by atoms with E-state index in [2.05, 4.69) is 14.9 Å². The molecule has 0 radical (unpaired) electrons. The number of pyridine rings is 2. The Hall–Kier alpha value is -3.26. The molecule has 5 heterocycles. The quantitative estimate of drug-likeness (QED) is 0.510. The van der Waals surface area contributed by atoms with E-state index in [1.807, 2.05) is 59.7 Å². The molecular weight excluding hydrogens is 396 g/mol. The fourth-order valence-electron chi connectivity index (χ4n) is 3.98. The lowest BCUT2D eigenvalue weighted by atomic mass is 10.2. The molecule has 4 aromatic heterocycles. The smallest absolute Gasteiger partial charge is 0.255 e. The Morgan fingerprint density at radius 2 is 1.80 bits per heavy atom. The zero-order chi connectivity index (χ0) is 20.7. The number of hydrogen-bond acceptors (Lipinski definition) is 6. The van der Waals surface area contributed by atoms with Gasteiger partial charge in [0.15, 0.2) is 5.13 Å². The maximum absolute atomic E-state index is 13.3. The fraction of sp³-hybridized carbons (Fsp3) is 0.273. The Kier molecular flexibility index (Phi) is 4.71. The third-order valence-electron chi connectivity index (χ3n) is 5.53. The van der Waals surface area contributed by atoms with Crippen molar-refractivity contribution in [1.82, 2.24) is 24.4 Å². The summed E-state index contributed by atoms with van der Waals surface area (Å²) in [4.78, 5) is 31.9. The van der Waals surface area contributed by atoms with Crippen LogP contribution in [0.15, 0.2) is 48.8 Å². The topological polar surface area (TPSA) is 67.2 Å². The van der Waals surface area contributed by atoms with Gasteiger partial charge in [-0.25, -0.2) is 15.0 Å². The Morgan fingerprint density at radius 3 is 2.53 bits per heavy atom. The summed E-state index contributed by atoms with van der Waals surface area (Å²) in [5, 5.41) is 0.976. The minimum absolute atomic E-state index is 0.0795. The van der Waals surface area contributed by atoms with Gasteiger partial charge in [-0.2, -0.15) is 0 Å². The van der Waals surface area contributed by atoms with Crippen LogP contribution in [0.5, 0.6) is 0 Å². The van der Waals surface area contributed by atoms with Gasteiger partial charge in [0.2, 0.25) is 0 Å². The highest BCUT2D eigenvalue weighted by molar-refractivity contribution is 7.21. The maximum Gasteiger partial charge on any atom is 0.255 e. The molecule has 4 aromatic rings. The standard InChI is InChI=1S/C22H22N6OS/c1-15-14-17(16(2)28(15)19-7-3-4-8-23-19)21(29)26-10-12-27(13-11-26)22-25-18-6-5-9-24-20(18)30-22/h3-9,14H,10-13H2,1-2H3. The van der Waals surface area contributed by atoms with E-state index in [9.17, 15) is 4.79 Å². The number of anilines is 1. The number of carbonyl (C=O) groups excluding carboxylic acids is 1. The van der Waals surface area contributed by atoms with Crippen LogP contribution in [0.2, 0.25) is 0 Å². The number of fused-ring (bicyclic) bond motifs is 1. The molecule has 0 aromatic carbocycles. The summed E-state index contributed by atoms with van der Waals surface area (Å²) < 4.78 is 2.04. The molecule has 30 heavy (non-hydrogen) atoms. The zero-order valence-electron chi connectivity index (χ0n) is 16.9. The molecule has 1 aliphatic rings. The molecule has 0 bridgehead atoms. The van der Waals surface area contributed by atoms with Crippen LogP contribution in [0.25, 0.3) is 16.2 Å². The number of thiazole rings is 1. The van der Waals surface area contributed by atoms with E-state index >= 15 is 0 Å². The summed E-state index contributed by atoms with van der Waals surface area (Å²) in [6, 6.07) is 11.7. The van der Waals surface area contributed by atoms with Crippen LogP contribution in [-0.2, 0) is 0 Å². The van der Waals surface area contributed by atoms with Gasteiger partial charge in [0.25, 0.3) is 5.91 Å². The van der Waals surface area contributed by atoms with Crippen molar-refractivity contribution in [2.45, 2.75) is 13.8 Å². The minimum atomic E-state index is 0.0795. The zero-order valence-corrected chi connectivity index (χ0v) is 17.8. The molecule has 5 rings (SSSR count). The number of nitrogens with zero attached hydrogens (tertiary/aromatic N) is 6. The summed E-state index contributed by atoms with van der Waals surface area (Å²) in [6.45, 7) is 6.89. The number of piperazine rings is 1. The van der Waals surface area contributed by atoms with E-state index in [1.54, 1.807) is 23.7 Å². The highest BCUT2D eigenvalue weighted by Crippen LogP contribution is 2.28. The molecular formula is C22H22N6OS. The fourth-order valence-corrected chi connectivity index (χ4v) is 4.94. The van der Waals surface area contributed by atoms with Gasteiger partial charge in [-0.05, 0) is 44.2 Å². The Labute approximate surface area is 178 Å². The average molecular weight is 419 g/mol. The van der Waals surface area contributed by atoms with E-state index in [1.165, 1.54) is 0 Å². The molecule has 0 saturated carbocycles. The van der Waals surface area contributed by atoms with Crippen molar-refractivity contribution in [2.75, 3.05) is 31.1 Å². The van der Waals surface area contributed by atoms with Crippen molar-refractivity contribution in [3.05, 3.63) is 65.7 Å². The van der Waals surface area contributed by atoms with Crippen LogP contribution in [0.3, 0.4) is 0 Å². The predicted molar refractivity (Wildman–Crippen MR) is 119 cm³/mol. The van der Waals surface area contributed by atoms with Crippen molar-refractivity contribution in [3.63, 3.8) is 0 Å².